The van der Waals surface area contributed by atoms with E-state index in [0.717, 1.165) is 24.2 Å². The molecule has 0 heterocycles. The first-order valence-corrected chi connectivity index (χ1v) is 7.90. The van der Waals surface area contributed by atoms with Crippen molar-refractivity contribution in [3.63, 3.8) is 0 Å². The minimum Gasteiger partial charge on any atom is -0.351 e. The quantitative estimate of drug-likeness (QED) is 0.726. The zero-order valence-corrected chi connectivity index (χ0v) is 12.8. The Morgan fingerprint density at radius 2 is 2.21 bits per heavy atom. The molecule has 0 fully saturated rings. The molecule has 1 aromatic carbocycles. The van der Waals surface area contributed by atoms with Gasteiger partial charge in [-0.3, -0.25) is 4.79 Å². The van der Waals surface area contributed by atoms with Crippen LogP contribution in [0.2, 0.25) is 5.02 Å². The summed E-state index contributed by atoms with van der Waals surface area (Å²) in [5.41, 5.74) is 5.65. The fraction of sp³-hybridized carbons (Fsp3) is 0.500. The van der Waals surface area contributed by atoms with E-state index in [1.807, 2.05) is 24.3 Å². The van der Waals surface area contributed by atoms with Crippen molar-refractivity contribution < 1.29 is 4.79 Å². The Hall–Kier alpha value is -0.710. The molecule has 0 bridgehead atoms. The van der Waals surface area contributed by atoms with Crippen LogP contribution in [0.4, 0.5) is 0 Å². The highest BCUT2D eigenvalue weighted by atomic mass is 35.5. The number of nitrogens with one attached hydrogen (secondary N) is 1. The van der Waals surface area contributed by atoms with E-state index in [9.17, 15) is 4.79 Å². The molecule has 0 aliphatic heterocycles. The molecule has 1 atom stereocenters. The van der Waals surface area contributed by atoms with Crippen molar-refractivity contribution >= 4 is 29.3 Å². The van der Waals surface area contributed by atoms with Crippen molar-refractivity contribution in [3.05, 3.63) is 29.3 Å². The number of nitrogens with two attached hydrogens (primary N) is 1. The van der Waals surface area contributed by atoms with E-state index in [0.29, 0.717) is 17.3 Å². The van der Waals surface area contributed by atoms with Gasteiger partial charge in [0, 0.05) is 17.5 Å². The predicted octanol–water partition coefficient (Wildman–Crippen LogP) is 3.07. The summed E-state index contributed by atoms with van der Waals surface area (Å²) in [5, 5.41) is 3.65. The molecule has 1 unspecified atom stereocenters. The van der Waals surface area contributed by atoms with Crippen molar-refractivity contribution in [2.45, 2.75) is 37.1 Å². The normalized spacial score (nSPS) is 12.2. The molecule has 0 aliphatic rings. The Morgan fingerprint density at radius 1 is 1.47 bits per heavy atom. The lowest BCUT2D eigenvalue weighted by Gasteiger charge is -2.16. The lowest BCUT2D eigenvalue weighted by Crippen LogP contribution is -2.41. The summed E-state index contributed by atoms with van der Waals surface area (Å²) in [6.07, 6.45) is 3.13. The Bertz CT molecular complexity index is 401. The van der Waals surface area contributed by atoms with Crippen molar-refractivity contribution in [1.82, 2.24) is 5.32 Å². The van der Waals surface area contributed by atoms with Gasteiger partial charge >= 0.3 is 0 Å². The molecule has 106 valence electrons. The van der Waals surface area contributed by atoms with E-state index in [-0.39, 0.29) is 11.9 Å². The first kappa shape index (κ1) is 16.3. The third-order valence-corrected chi connectivity index (χ3v) is 4.27. The molecule has 0 spiro atoms. The second-order valence-electron chi connectivity index (χ2n) is 4.36. The molecule has 0 saturated heterocycles. The minimum atomic E-state index is 0.0106. The molecule has 3 nitrogen and oxygen atoms in total. The summed E-state index contributed by atoms with van der Waals surface area (Å²) in [4.78, 5) is 12.8. The van der Waals surface area contributed by atoms with E-state index in [4.69, 9.17) is 17.3 Å². The zero-order chi connectivity index (χ0) is 14.1. The third-order valence-electron chi connectivity index (χ3n) is 2.75. The summed E-state index contributed by atoms with van der Waals surface area (Å²) >= 11 is 7.48. The predicted molar refractivity (Wildman–Crippen MR) is 82.7 cm³/mol. The number of rotatable bonds is 8. The molecule has 1 rings (SSSR count). The summed E-state index contributed by atoms with van der Waals surface area (Å²) < 4.78 is 0. The van der Waals surface area contributed by atoms with Crippen LogP contribution in [0.5, 0.6) is 0 Å². The molecule has 19 heavy (non-hydrogen) atoms. The number of thioether (sulfide) groups is 1. The van der Waals surface area contributed by atoms with E-state index in [1.165, 1.54) is 11.8 Å². The maximum absolute atomic E-state index is 11.8. The van der Waals surface area contributed by atoms with Crippen LogP contribution in [0.3, 0.4) is 0 Å². The number of hydrogen-bond acceptors (Lipinski definition) is 3. The number of benzene rings is 1. The molecule has 0 aliphatic carbocycles. The molecule has 1 amide bonds. The number of unbranched alkanes of at least 4 members (excludes halogenated alkanes) is 1. The van der Waals surface area contributed by atoms with Crippen molar-refractivity contribution in [2.24, 2.45) is 5.73 Å². The van der Waals surface area contributed by atoms with Crippen LogP contribution >= 0.6 is 23.4 Å². The van der Waals surface area contributed by atoms with Gasteiger partial charge in [-0.1, -0.05) is 43.5 Å². The highest BCUT2D eigenvalue weighted by molar-refractivity contribution is 8.00. The van der Waals surface area contributed by atoms with Gasteiger partial charge in [-0.25, -0.2) is 0 Å². The third kappa shape index (κ3) is 6.32. The smallest absolute Gasteiger partial charge is 0.230 e. The first-order chi connectivity index (χ1) is 9.17. The fourth-order valence-corrected chi connectivity index (χ4v) is 2.72. The molecule has 0 aromatic heterocycles. The van der Waals surface area contributed by atoms with Gasteiger partial charge in [0.1, 0.15) is 0 Å². The fourth-order valence-electron chi connectivity index (χ4n) is 1.67. The van der Waals surface area contributed by atoms with Gasteiger partial charge in [0.25, 0.3) is 0 Å². The maximum atomic E-state index is 11.8. The van der Waals surface area contributed by atoms with Gasteiger partial charge in [0.05, 0.1) is 10.8 Å². The van der Waals surface area contributed by atoms with E-state index in [2.05, 4.69) is 12.2 Å². The topological polar surface area (TPSA) is 55.1 Å². The molecule has 0 saturated carbocycles. The summed E-state index contributed by atoms with van der Waals surface area (Å²) in [5.74, 6) is 0.378. The van der Waals surface area contributed by atoms with Crippen LogP contribution in [0.25, 0.3) is 0 Å². The number of carbonyl (C=O) groups excluding carboxylic acids is 1. The van der Waals surface area contributed by atoms with Gasteiger partial charge in [-0.2, -0.15) is 0 Å². The van der Waals surface area contributed by atoms with Crippen molar-refractivity contribution in [1.29, 1.82) is 0 Å². The monoisotopic (exact) mass is 300 g/mol. The van der Waals surface area contributed by atoms with Gasteiger partial charge in [-0.05, 0) is 18.6 Å². The average Bonchev–Trinajstić information content (AvgIpc) is 2.42. The molecule has 5 heteroatoms. The van der Waals surface area contributed by atoms with Crippen molar-refractivity contribution in [2.75, 3.05) is 12.3 Å². The molecule has 1 aromatic rings. The largest absolute Gasteiger partial charge is 0.351 e. The number of hydrogen-bond donors (Lipinski definition) is 2. The van der Waals surface area contributed by atoms with Crippen LogP contribution in [0.15, 0.2) is 29.2 Å². The zero-order valence-electron chi connectivity index (χ0n) is 11.2. The lowest BCUT2D eigenvalue weighted by molar-refractivity contribution is -0.119. The Labute approximate surface area is 124 Å². The number of carbonyl (C=O) groups is 1. The van der Waals surface area contributed by atoms with Gasteiger partial charge in [-0.15, -0.1) is 11.8 Å². The second-order valence-corrected chi connectivity index (χ2v) is 5.79. The Balaban J connectivity index is 2.36. The maximum Gasteiger partial charge on any atom is 0.230 e. The summed E-state index contributed by atoms with van der Waals surface area (Å²) in [7, 11) is 0. The number of amides is 1. The lowest BCUT2D eigenvalue weighted by atomic mass is 10.1. The summed E-state index contributed by atoms with van der Waals surface area (Å²) in [6, 6.07) is 7.61. The number of halogens is 1. The Morgan fingerprint density at radius 3 is 2.84 bits per heavy atom. The van der Waals surface area contributed by atoms with Gasteiger partial charge < -0.3 is 11.1 Å². The molecular weight excluding hydrogens is 280 g/mol. The minimum absolute atomic E-state index is 0.0106. The first-order valence-electron chi connectivity index (χ1n) is 6.54. The van der Waals surface area contributed by atoms with Crippen molar-refractivity contribution in [3.8, 4) is 0 Å². The van der Waals surface area contributed by atoms with Crippen LogP contribution in [0.1, 0.15) is 26.2 Å². The van der Waals surface area contributed by atoms with Gasteiger partial charge in [0.15, 0.2) is 0 Å². The van der Waals surface area contributed by atoms with E-state index < -0.39 is 0 Å². The van der Waals surface area contributed by atoms with E-state index >= 15 is 0 Å². The standard InChI is InChI=1S/C14H21ClN2OS/c1-2-3-6-11(9-16)17-14(18)10-19-13-8-5-4-7-12(13)15/h4-5,7-8,11H,2-3,6,9-10,16H2,1H3,(H,17,18). The summed E-state index contributed by atoms with van der Waals surface area (Å²) in [6.45, 7) is 2.62. The second kappa shape index (κ2) is 9.23. The SMILES string of the molecule is CCCCC(CN)NC(=O)CSc1ccccc1Cl. The average molecular weight is 301 g/mol. The molecule has 0 radical (unpaired) electrons. The van der Waals surface area contributed by atoms with Crippen LogP contribution in [0, 0.1) is 0 Å². The van der Waals surface area contributed by atoms with Crippen LogP contribution in [-0.2, 0) is 4.79 Å². The highest BCUT2D eigenvalue weighted by Gasteiger charge is 2.11. The van der Waals surface area contributed by atoms with Gasteiger partial charge in [0.2, 0.25) is 5.91 Å². The van der Waals surface area contributed by atoms with Crippen LogP contribution in [-0.4, -0.2) is 24.2 Å². The molecule has 3 N–H and O–H groups in total. The Kier molecular flexibility index (Phi) is 7.94. The van der Waals surface area contributed by atoms with Crippen LogP contribution < -0.4 is 11.1 Å². The molecular formula is C14H21ClN2OS. The highest BCUT2D eigenvalue weighted by Crippen LogP contribution is 2.26. The van der Waals surface area contributed by atoms with E-state index in [1.54, 1.807) is 0 Å².